The summed E-state index contributed by atoms with van der Waals surface area (Å²) >= 11 is 0. The zero-order valence-corrected chi connectivity index (χ0v) is 16.5. The third-order valence-electron chi connectivity index (χ3n) is 6.42. The average molecular weight is 362 g/mol. The largest absolute Gasteiger partial charge is 0.466 e. The Balaban J connectivity index is 1.58. The fourth-order valence-corrected chi connectivity index (χ4v) is 4.72. The molecule has 140 valence electrons. The van der Waals surface area contributed by atoms with Crippen LogP contribution in [0.5, 0.6) is 5.75 Å². The number of quaternary nitrogens is 1. The number of piperidine rings is 1. The molecule has 5 rings (SSSR count). The van der Waals surface area contributed by atoms with Gasteiger partial charge in [0, 0.05) is 12.0 Å². The lowest BCUT2D eigenvalue weighted by atomic mass is 9.90. The first-order valence-electron chi connectivity index (χ1n) is 10.1. The van der Waals surface area contributed by atoms with Crippen molar-refractivity contribution in [1.29, 1.82) is 0 Å². The van der Waals surface area contributed by atoms with Crippen LogP contribution in [0.4, 0.5) is 0 Å². The van der Waals surface area contributed by atoms with Gasteiger partial charge >= 0.3 is 0 Å². The molecule has 0 radical (unpaired) electrons. The van der Waals surface area contributed by atoms with E-state index in [0.717, 1.165) is 38.1 Å². The Labute approximate surface area is 161 Å². The number of nitrogens with zero attached hydrogens (tertiary/aromatic N) is 2. The molecule has 2 aromatic rings. The van der Waals surface area contributed by atoms with Gasteiger partial charge in [-0.2, -0.15) is 5.10 Å². The van der Waals surface area contributed by atoms with Crippen LogP contribution in [-0.4, -0.2) is 36.6 Å². The lowest BCUT2D eigenvalue weighted by Gasteiger charge is -2.49. The second kappa shape index (κ2) is 6.10. The number of hydrogen-bond acceptors (Lipinski definition) is 3. The van der Waals surface area contributed by atoms with E-state index >= 15 is 0 Å². The molecule has 0 amide bonds. The molecule has 2 aromatic carbocycles. The molecule has 3 heterocycles. The van der Waals surface area contributed by atoms with Crippen LogP contribution in [0.1, 0.15) is 47.6 Å². The maximum atomic E-state index is 6.69. The molecule has 0 saturated carbocycles. The van der Waals surface area contributed by atoms with Gasteiger partial charge in [0.25, 0.3) is 0 Å². The number of aryl methyl sites for hydroxylation is 2. The Hall–Kier alpha value is -2.33. The van der Waals surface area contributed by atoms with Crippen LogP contribution in [0, 0.1) is 13.8 Å². The van der Waals surface area contributed by atoms with Gasteiger partial charge in [0.1, 0.15) is 5.75 Å². The van der Waals surface area contributed by atoms with E-state index in [2.05, 4.69) is 68.4 Å². The fourth-order valence-electron chi connectivity index (χ4n) is 4.72. The number of benzene rings is 2. The number of likely N-dealkylation sites (tertiary alicyclic amines) is 1. The van der Waals surface area contributed by atoms with Crippen LogP contribution >= 0.6 is 0 Å². The maximum absolute atomic E-state index is 6.69. The number of fused-ring (bicyclic) bond motifs is 4. The summed E-state index contributed by atoms with van der Waals surface area (Å²) in [5.41, 5.74) is 5.98. The quantitative estimate of drug-likeness (QED) is 0.845. The van der Waals surface area contributed by atoms with Crippen LogP contribution < -0.4 is 9.64 Å². The Morgan fingerprint density at radius 1 is 1.04 bits per heavy atom. The molecule has 27 heavy (non-hydrogen) atoms. The first-order valence-corrected chi connectivity index (χ1v) is 10.1. The van der Waals surface area contributed by atoms with Gasteiger partial charge in [-0.1, -0.05) is 47.5 Å². The first kappa shape index (κ1) is 16.8. The minimum absolute atomic E-state index is 0.281. The molecule has 0 aromatic heterocycles. The van der Waals surface area contributed by atoms with Crippen LogP contribution in [0.25, 0.3) is 0 Å². The molecule has 4 nitrogen and oxygen atoms in total. The van der Waals surface area contributed by atoms with Crippen molar-refractivity contribution in [2.45, 2.75) is 44.9 Å². The normalized spacial score (nSPS) is 29.1. The van der Waals surface area contributed by atoms with Crippen molar-refractivity contribution < 1.29 is 9.64 Å². The molecule has 1 atom stereocenters. The molecular weight excluding hydrogens is 334 g/mol. The van der Waals surface area contributed by atoms with E-state index < -0.39 is 0 Å². The molecule has 3 aliphatic heterocycles. The molecule has 1 saturated heterocycles. The fraction of sp³-hybridized carbons (Fsp3) is 0.435. The van der Waals surface area contributed by atoms with E-state index in [1.165, 1.54) is 28.0 Å². The molecular formula is C23H28N3O+. The summed E-state index contributed by atoms with van der Waals surface area (Å²) in [6.07, 6.45) is 2.99. The average Bonchev–Trinajstić information content (AvgIpc) is 3.12. The van der Waals surface area contributed by atoms with Crippen LogP contribution in [0.3, 0.4) is 0 Å². The van der Waals surface area contributed by atoms with E-state index in [9.17, 15) is 0 Å². The standard InChI is InChI=1S/C23H27N3O/c1-16-4-7-18(8-5-16)20-15-21-19-14-17(2)6-9-22(19)27-23(26(21)24-20)10-12-25(3)13-11-23/h4-9,14,21H,10-13,15H2,1-3H3/p+1/t21-/m0/s1. The second-order valence-corrected chi connectivity index (χ2v) is 8.52. The van der Waals surface area contributed by atoms with Crippen LogP contribution in [0.15, 0.2) is 47.6 Å². The third kappa shape index (κ3) is 2.74. The van der Waals surface area contributed by atoms with Crippen molar-refractivity contribution in [2.75, 3.05) is 20.1 Å². The lowest BCUT2D eigenvalue weighted by Crippen LogP contribution is -3.11. The lowest BCUT2D eigenvalue weighted by molar-refractivity contribution is -0.888. The highest BCUT2D eigenvalue weighted by molar-refractivity contribution is 6.02. The summed E-state index contributed by atoms with van der Waals surface area (Å²) in [7, 11) is 2.27. The molecule has 1 fully saturated rings. The summed E-state index contributed by atoms with van der Waals surface area (Å²) < 4.78 is 6.69. The van der Waals surface area contributed by atoms with Gasteiger partial charge in [-0.05, 0) is 25.5 Å². The molecule has 0 bridgehead atoms. The summed E-state index contributed by atoms with van der Waals surface area (Å²) in [6.45, 7) is 6.54. The zero-order chi connectivity index (χ0) is 18.6. The van der Waals surface area contributed by atoms with Crippen molar-refractivity contribution in [2.24, 2.45) is 5.10 Å². The SMILES string of the molecule is Cc1ccc(C2=NN3[C@@H](C2)c2cc(C)ccc2OC32CC[NH+](C)CC2)cc1. The number of rotatable bonds is 1. The smallest absolute Gasteiger partial charge is 0.208 e. The Kier molecular flexibility index (Phi) is 3.80. The summed E-state index contributed by atoms with van der Waals surface area (Å²) in [4.78, 5) is 1.58. The first-order chi connectivity index (χ1) is 13.0. The van der Waals surface area contributed by atoms with Crippen molar-refractivity contribution >= 4 is 5.71 Å². The highest BCUT2D eigenvalue weighted by atomic mass is 16.5. The Morgan fingerprint density at radius 3 is 2.48 bits per heavy atom. The zero-order valence-electron chi connectivity index (χ0n) is 16.5. The predicted molar refractivity (Wildman–Crippen MR) is 107 cm³/mol. The maximum Gasteiger partial charge on any atom is 0.208 e. The highest BCUT2D eigenvalue weighted by Gasteiger charge is 2.52. The van der Waals surface area contributed by atoms with Gasteiger partial charge in [-0.15, -0.1) is 0 Å². The van der Waals surface area contributed by atoms with E-state index in [1.807, 2.05) is 0 Å². The number of ether oxygens (including phenoxy) is 1. The number of nitrogens with one attached hydrogen (secondary N) is 1. The van der Waals surface area contributed by atoms with Gasteiger partial charge in [-0.25, -0.2) is 5.01 Å². The third-order valence-corrected chi connectivity index (χ3v) is 6.42. The van der Waals surface area contributed by atoms with Crippen molar-refractivity contribution in [3.05, 3.63) is 64.7 Å². The Morgan fingerprint density at radius 2 is 1.74 bits per heavy atom. The molecule has 3 aliphatic rings. The molecule has 0 aliphatic carbocycles. The van der Waals surface area contributed by atoms with Gasteiger partial charge in [0.05, 0.1) is 44.7 Å². The van der Waals surface area contributed by atoms with Gasteiger partial charge in [0.2, 0.25) is 5.72 Å². The van der Waals surface area contributed by atoms with Crippen molar-refractivity contribution in [3.63, 3.8) is 0 Å². The van der Waals surface area contributed by atoms with Crippen LogP contribution in [0.2, 0.25) is 0 Å². The molecule has 4 heteroatoms. The summed E-state index contributed by atoms with van der Waals surface area (Å²) in [5.74, 6) is 1.06. The topological polar surface area (TPSA) is 29.3 Å². The monoisotopic (exact) mass is 362 g/mol. The number of hydrogen-bond donors (Lipinski definition) is 1. The molecule has 1 N–H and O–H groups in total. The summed E-state index contributed by atoms with van der Waals surface area (Å²) in [5, 5.41) is 7.47. The van der Waals surface area contributed by atoms with Gasteiger partial charge < -0.3 is 9.64 Å². The minimum Gasteiger partial charge on any atom is -0.466 e. The van der Waals surface area contributed by atoms with E-state index in [1.54, 1.807) is 4.90 Å². The van der Waals surface area contributed by atoms with E-state index in [4.69, 9.17) is 9.84 Å². The van der Waals surface area contributed by atoms with Crippen molar-refractivity contribution in [3.8, 4) is 5.75 Å². The highest BCUT2D eigenvalue weighted by Crippen LogP contribution is 2.49. The van der Waals surface area contributed by atoms with E-state index in [-0.39, 0.29) is 11.8 Å². The minimum atomic E-state index is -0.293. The second-order valence-electron chi connectivity index (χ2n) is 8.52. The summed E-state index contributed by atoms with van der Waals surface area (Å²) in [6, 6.07) is 15.7. The van der Waals surface area contributed by atoms with Gasteiger partial charge in [0.15, 0.2) is 0 Å². The van der Waals surface area contributed by atoms with Crippen LogP contribution in [-0.2, 0) is 0 Å². The predicted octanol–water partition coefficient (Wildman–Crippen LogP) is 2.85. The van der Waals surface area contributed by atoms with Crippen molar-refractivity contribution in [1.82, 2.24) is 5.01 Å². The number of hydrazone groups is 1. The molecule has 0 unspecified atom stereocenters. The van der Waals surface area contributed by atoms with E-state index in [0.29, 0.717) is 0 Å². The Bertz CT molecular complexity index is 894. The molecule has 1 spiro atoms. The van der Waals surface area contributed by atoms with Gasteiger partial charge in [-0.3, -0.25) is 0 Å².